The highest BCUT2D eigenvalue weighted by Gasteiger charge is 2.71. The smallest absolute Gasteiger partial charge is 0.309 e. The van der Waals surface area contributed by atoms with E-state index in [1.807, 2.05) is 32.2 Å². The molecule has 6 nitrogen and oxygen atoms in total. The summed E-state index contributed by atoms with van der Waals surface area (Å²) >= 11 is 9.35. The second kappa shape index (κ2) is 11.5. The zero-order chi connectivity index (χ0) is 27.9. The van der Waals surface area contributed by atoms with Crippen LogP contribution in [0, 0.1) is 35.5 Å². The molecule has 2 aliphatic rings. The lowest BCUT2D eigenvalue weighted by Crippen LogP contribution is -2.45. The van der Waals surface area contributed by atoms with E-state index in [9.17, 15) is 19.8 Å². The van der Waals surface area contributed by atoms with E-state index in [0.29, 0.717) is 6.42 Å². The molecule has 7 atom stereocenters. The maximum absolute atomic E-state index is 13.3. The van der Waals surface area contributed by atoms with Crippen LogP contribution in [0.2, 0.25) is 0 Å². The van der Waals surface area contributed by atoms with Gasteiger partial charge in [-0.05, 0) is 62.0 Å². The van der Waals surface area contributed by atoms with Crippen LogP contribution < -0.4 is 0 Å². The van der Waals surface area contributed by atoms with Gasteiger partial charge in [-0.2, -0.15) is 0 Å². The maximum atomic E-state index is 13.3. The zero-order valence-electron chi connectivity index (χ0n) is 22.9. The third-order valence-electron chi connectivity index (χ3n) is 8.82. The van der Waals surface area contributed by atoms with Crippen molar-refractivity contribution in [2.75, 3.05) is 0 Å². The average Bonchev–Trinajstić information content (AvgIpc) is 3.06. The number of alkyl halides is 2. The van der Waals surface area contributed by atoms with Crippen molar-refractivity contribution >= 4 is 61.0 Å². The Morgan fingerprint density at radius 2 is 1.86 bits per heavy atom. The number of hydrogen-bond acceptors (Lipinski definition) is 7. The van der Waals surface area contributed by atoms with Crippen molar-refractivity contribution in [3.63, 3.8) is 0 Å². The first kappa shape index (κ1) is 30.9. The normalized spacial score (nSPS) is 37.5. The number of Topliss-reactive ketones (excluding diaryl/α,β-unsaturated/α-hetero) is 1. The lowest BCUT2D eigenvalue weighted by atomic mass is 9.73. The number of aliphatic hydroxyl groups is 2. The minimum absolute atomic E-state index is 0.0647. The van der Waals surface area contributed by atoms with Gasteiger partial charge in [0.2, 0.25) is 0 Å². The lowest BCUT2D eigenvalue weighted by molar-refractivity contribution is -0.154. The van der Waals surface area contributed by atoms with Gasteiger partial charge in [0.15, 0.2) is 0 Å². The molecular weight excluding hydrogens is 622 g/mol. The predicted molar refractivity (Wildman–Crippen MR) is 155 cm³/mol. The molecular formula is C28H41Br2NO5S. The van der Waals surface area contributed by atoms with E-state index < -0.39 is 35.6 Å². The monoisotopic (exact) mass is 661 g/mol. The molecule has 3 rings (SSSR count). The SMILES string of the molecule is C/C(=C\c1csc(C)n1)[C@@H]1C[C@@H]2C(Br)(Br)[C@]2(C)CCC[C@H](C)[C@H](O)[C@@H](C)C(=O)C(C)(C)[C@@H](O)CC(=O)O1. The van der Waals surface area contributed by atoms with Crippen molar-refractivity contribution in [3.8, 4) is 0 Å². The topological polar surface area (TPSA) is 96.7 Å². The Balaban J connectivity index is 1.93. The summed E-state index contributed by atoms with van der Waals surface area (Å²) in [6.45, 7) is 13.1. The summed E-state index contributed by atoms with van der Waals surface area (Å²) in [5.74, 6) is -1.32. The third-order valence-corrected chi connectivity index (χ3v) is 12.5. The van der Waals surface area contributed by atoms with E-state index in [1.165, 1.54) is 0 Å². The maximum Gasteiger partial charge on any atom is 0.309 e. The number of rotatable bonds is 2. The molecule has 37 heavy (non-hydrogen) atoms. The van der Waals surface area contributed by atoms with Gasteiger partial charge in [-0.3, -0.25) is 9.59 Å². The Kier molecular flexibility index (Phi) is 9.59. The summed E-state index contributed by atoms with van der Waals surface area (Å²) < 4.78 is 5.72. The average molecular weight is 664 g/mol. The highest BCUT2D eigenvalue weighted by atomic mass is 79.9. The molecule has 208 valence electrons. The van der Waals surface area contributed by atoms with Crippen LogP contribution in [0.4, 0.5) is 0 Å². The summed E-state index contributed by atoms with van der Waals surface area (Å²) in [4.78, 5) is 30.9. The van der Waals surface area contributed by atoms with Crippen molar-refractivity contribution in [1.29, 1.82) is 0 Å². The van der Waals surface area contributed by atoms with Crippen LogP contribution in [0.5, 0.6) is 0 Å². The summed E-state index contributed by atoms with van der Waals surface area (Å²) in [6, 6.07) is 0. The number of carbonyl (C=O) groups excluding carboxylic acids is 2. The van der Waals surface area contributed by atoms with Crippen LogP contribution in [0.25, 0.3) is 6.08 Å². The molecule has 1 aliphatic carbocycles. The van der Waals surface area contributed by atoms with Gasteiger partial charge in [0, 0.05) is 11.3 Å². The highest BCUT2D eigenvalue weighted by Crippen LogP contribution is 2.75. The molecule has 2 N–H and O–H groups in total. The number of thiazole rings is 1. The van der Waals surface area contributed by atoms with Crippen LogP contribution in [0.3, 0.4) is 0 Å². The molecule has 1 aromatic rings. The number of hydrogen-bond donors (Lipinski definition) is 2. The second-order valence-corrected chi connectivity index (χ2v) is 16.6. The van der Waals surface area contributed by atoms with Crippen molar-refractivity contribution in [2.45, 2.75) is 102 Å². The number of ether oxygens (including phenoxy) is 1. The number of nitrogens with zero attached hydrogens (tertiary/aromatic N) is 1. The number of halogens is 2. The standard InChI is InChI=1S/C28H41Br2NO5S/c1-15-9-8-10-27(7)21(28(27,29)30)12-20(16(2)11-19-14-37-18(4)31-19)36-23(33)13-22(32)26(5,6)25(35)17(3)24(15)34/h11,14-15,17,20-22,24,32,34H,8-10,12-13H2,1-7H3/b16-11+/t15-,17+,20-,21-,22-,24-,27+/m0/s1. The Hall–Kier alpha value is -0.610. The van der Waals surface area contributed by atoms with E-state index in [2.05, 4.69) is 43.8 Å². The first-order chi connectivity index (χ1) is 17.0. The van der Waals surface area contributed by atoms with Crippen LogP contribution in [0.1, 0.15) is 84.3 Å². The van der Waals surface area contributed by atoms with Gasteiger partial charge in [0.05, 0.1) is 38.0 Å². The molecule has 0 spiro atoms. The van der Waals surface area contributed by atoms with Crippen molar-refractivity contribution in [3.05, 3.63) is 21.7 Å². The van der Waals surface area contributed by atoms with Crippen LogP contribution in [0.15, 0.2) is 11.0 Å². The summed E-state index contributed by atoms with van der Waals surface area (Å²) in [5, 5.41) is 24.8. The highest BCUT2D eigenvalue weighted by molar-refractivity contribution is 9.25. The summed E-state index contributed by atoms with van der Waals surface area (Å²) in [7, 11) is 0. The fraction of sp³-hybridized carbons (Fsp3) is 0.750. The molecule has 2 fully saturated rings. The van der Waals surface area contributed by atoms with Crippen LogP contribution >= 0.6 is 43.2 Å². The van der Waals surface area contributed by atoms with Gasteiger partial charge in [0.25, 0.3) is 0 Å². The number of esters is 1. The number of cyclic esters (lactones) is 1. The largest absolute Gasteiger partial charge is 0.458 e. The van der Waals surface area contributed by atoms with Crippen molar-refractivity contribution < 1.29 is 24.5 Å². The molecule has 0 unspecified atom stereocenters. The fourth-order valence-corrected chi connectivity index (χ4v) is 8.39. The molecule has 9 heteroatoms. The van der Waals surface area contributed by atoms with E-state index >= 15 is 0 Å². The summed E-state index contributed by atoms with van der Waals surface area (Å²) in [5.41, 5.74) is 0.448. The third kappa shape index (κ3) is 6.42. The van der Waals surface area contributed by atoms with Gasteiger partial charge in [-0.15, -0.1) is 11.3 Å². The predicted octanol–water partition coefficient (Wildman–Crippen LogP) is 6.44. The van der Waals surface area contributed by atoms with Gasteiger partial charge in [-0.25, -0.2) is 4.98 Å². The minimum Gasteiger partial charge on any atom is -0.458 e. The number of carbonyl (C=O) groups is 2. The molecule has 1 aliphatic heterocycles. The molecule has 0 bridgehead atoms. The molecule has 0 aromatic carbocycles. The second-order valence-electron chi connectivity index (χ2n) is 11.9. The Bertz CT molecular complexity index is 1040. The first-order valence-corrected chi connectivity index (χ1v) is 15.6. The number of ketones is 1. The Morgan fingerprint density at radius 3 is 2.46 bits per heavy atom. The molecule has 1 saturated heterocycles. The molecule has 2 heterocycles. The van der Waals surface area contributed by atoms with Gasteiger partial charge >= 0.3 is 5.97 Å². The zero-order valence-corrected chi connectivity index (χ0v) is 26.9. The van der Waals surface area contributed by atoms with E-state index in [4.69, 9.17) is 4.74 Å². The minimum atomic E-state index is -1.23. The van der Waals surface area contributed by atoms with E-state index in [1.54, 1.807) is 32.1 Å². The van der Waals surface area contributed by atoms with Crippen molar-refractivity contribution in [2.24, 2.45) is 28.6 Å². The first-order valence-electron chi connectivity index (χ1n) is 13.1. The van der Waals surface area contributed by atoms with E-state index in [-0.39, 0.29) is 32.7 Å². The molecule has 0 amide bonds. The number of aromatic nitrogens is 1. The number of fused-ring (bicyclic) bond motifs is 1. The van der Waals surface area contributed by atoms with Gasteiger partial charge in [0.1, 0.15) is 11.9 Å². The number of aryl methyl sites for hydroxylation is 1. The van der Waals surface area contributed by atoms with E-state index in [0.717, 1.165) is 35.5 Å². The lowest BCUT2D eigenvalue weighted by Gasteiger charge is -2.34. The van der Waals surface area contributed by atoms with Gasteiger partial charge < -0.3 is 14.9 Å². The van der Waals surface area contributed by atoms with Crippen molar-refractivity contribution in [1.82, 2.24) is 4.98 Å². The Labute approximate surface area is 241 Å². The van der Waals surface area contributed by atoms with Crippen LogP contribution in [-0.4, -0.2) is 48.5 Å². The number of aliphatic hydroxyl groups excluding tert-OH is 2. The summed E-state index contributed by atoms with van der Waals surface area (Å²) in [6.07, 6.45) is 2.35. The quantitative estimate of drug-likeness (QED) is 0.279. The van der Waals surface area contributed by atoms with Crippen LogP contribution in [-0.2, 0) is 14.3 Å². The molecule has 0 radical (unpaired) electrons. The molecule has 1 saturated carbocycles. The molecule has 1 aromatic heterocycles. The Morgan fingerprint density at radius 1 is 1.22 bits per heavy atom. The van der Waals surface area contributed by atoms with Gasteiger partial charge in [-0.1, -0.05) is 72.9 Å². The fourth-order valence-electron chi connectivity index (χ4n) is 5.72.